The monoisotopic (exact) mass is 419 g/mol. The molecule has 0 aliphatic carbocycles. The van der Waals surface area contributed by atoms with Gasteiger partial charge in [-0.25, -0.2) is 14.6 Å². The number of amides is 2. The maximum atomic E-state index is 13.0. The van der Waals surface area contributed by atoms with Crippen LogP contribution in [0.4, 0.5) is 21.0 Å². The molecule has 0 fully saturated rings. The van der Waals surface area contributed by atoms with Gasteiger partial charge in [0.05, 0.1) is 18.1 Å². The number of imide groups is 1. The fourth-order valence-corrected chi connectivity index (χ4v) is 2.38. The van der Waals surface area contributed by atoms with Crippen molar-refractivity contribution in [2.75, 3.05) is 10.6 Å². The van der Waals surface area contributed by atoms with Crippen LogP contribution in [0.5, 0.6) is 5.88 Å². The molecule has 2 N–H and O–H groups in total. The van der Waals surface area contributed by atoms with E-state index in [1.165, 1.54) is 18.5 Å². The molecule has 1 unspecified atom stereocenters. The average molecular weight is 419 g/mol. The predicted molar refractivity (Wildman–Crippen MR) is 111 cm³/mol. The van der Waals surface area contributed by atoms with E-state index in [0.717, 1.165) is 0 Å². The lowest BCUT2D eigenvalue weighted by Gasteiger charge is -2.30. The van der Waals surface area contributed by atoms with Crippen LogP contribution in [0.2, 0.25) is 0 Å². The van der Waals surface area contributed by atoms with Gasteiger partial charge in [-0.3, -0.25) is 0 Å². The molecular weight excluding hydrogens is 390 g/mol. The number of hydrogen-bond acceptors (Lipinski definition) is 9. The van der Waals surface area contributed by atoms with Crippen LogP contribution in [0.1, 0.15) is 54.9 Å². The van der Waals surface area contributed by atoms with E-state index in [-0.39, 0.29) is 17.3 Å². The molecular formula is C20H29N5O5. The molecule has 0 saturated carbocycles. The summed E-state index contributed by atoms with van der Waals surface area (Å²) in [5.74, 6) is -0.0479. The molecule has 164 valence electrons. The van der Waals surface area contributed by atoms with Crippen LogP contribution >= 0.6 is 0 Å². The molecule has 2 rings (SSSR count). The molecule has 1 aliphatic rings. The molecule has 0 spiro atoms. The van der Waals surface area contributed by atoms with Crippen molar-refractivity contribution < 1.29 is 23.8 Å². The summed E-state index contributed by atoms with van der Waals surface area (Å²) < 4.78 is 16.8. The van der Waals surface area contributed by atoms with Gasteiger partial charge in [-0.15, -0.1) is 5.11 Å². The minimum atomic E-state index is -1.11. The number of pyridine rings is 1. The molecule has 0 aromatic carbocycles. The quantitative estimate of drug-likeness (QED) is 0.741. The number of ether oxygens (including phenoxy) is 3. The highest BCUT2D eigenvalue weighted by Gasteiger charge is 2.38. The van der Waals surface area contributed by atoms with Crippen molar-refractivity contribution in [2.45, 2.75) is 71.8 Å². The first-order chi connectivity index (χ1) is 13.8. The predicted octanol–water partition coefficient (Wildman–Crippen LogP) is 4.81. The summed E-state index contributed by atoms with van der Waals surface area (Å²) in [4.78, 5) is 30.8. The highest BCUT2D eigenvalue weighted by molar-refractivity contribution is 6.10. The first kappa shape index (κ1) is 23.1. The van der Waals surface area contributed by atoms with Crippen LogP contribution in [0, 0.1) is 0 Å². The number of nitrogens with zero attached hydrogens (tertiary/aromatic N) is 4. The molecule has 0 bridgehead atoms. The van der Waals surface area contributed by atoms with Crippen LogP contribution in [0.25, 0.3) is 0 Å². The van der Waals surface area contributed by atoms with Crippen LogP contribution in [-0.4, -0.2) is 34.1 Å². The second kappa shape index (κ2) is 8.29. The fourth-order valence-electron chi connectivity index (χ4n) is 2.38. The van der Waals surface area contributed by atoms with E-state index in [2.05, 4.69) is 15.2 Å². The second-order valence-corrected chi connectivity index (χ2v) is 8.72. The summed E-state index contributed by atoms with van der Waals surface area (Å²) in [6, 6.07) is 1.38. The summed E-state index contributed by atoms with van der Waals surface area (Å²) in [6.07, 6.45) is 3.03. The highest BCUT2D eigenvalue weighted by Crippen LogP contribution is 2.36. The van der Waals surface area contributed by atoms with E-state index in [1.807, 2.05) is 6.92 Å². The van der Waals surface area contributed by atoms with Crippen molar-refractivity contribution in [3.63, 3.8) is 0 Å². The fraction of sp³-hybridized carbons (Fsp3) is 0.550. The lowest BCUT2D eigenvalue weighted by Crippen LogP contribution is -2.44. The summed E-state index contributed by atoms with van der Waals surface area (Å²) in [5, 5.41) is 7.92. The number of nitrogens with two attached hydrogens (primary N) is 1. The molecule has 2 amide bonds. The van der Waals surface area contributed by atoms with Gasteiger partial charge in [0.15, 0.2) is 0 Å². The first-order valence-electron chi connectivity index (χ1n) is 9.55. The van der Waals surface area contributed by atoms with Crippen molar-refractivity contribution >= 4 is 23.6 Å². The number of rotatable bonds is 4. The van der Waals surface area contributed by atoms with Gasteiger partial charge in [-0.2, -0.15) is 10.0 Å². The number of carbonyl (C=O) groups is 2. The molecule has 1 aromatic rings. The summed E-state index contributed by atoms with van der Waals surface area (Å²) in [6.45, 7) is 12.0. The molecule has 1 aliphatic heterocycles. The Balaban J connectivity index is 2.55. The third kappa shape index (κ3) is 5.91. The molecule has 0 saturated heterocycles. The Bertz CT molecular complexity index is 827. The van der Waals surface area contributed by atoms with Gasteiger partial charge in [-0.1, -0.05) is 6.92 Å². The zero-order valence-corrected chi connectivity index (χ0v) is 18.4. The standard InChI is InChI=1S/C20H29N5O5/c1-8-20(9-10-23-24-20)28-15-14(11-13(21)12-22-15)25(16(26)29-18(2,3)4)17(27)30-19(5,6)7/h9-12H,8,21H2,1-7H3. The smallest absolute Gasteiger partial charge is 0.424 e. The highest BCUT2D eigenvalue weighted by atomic mass is 16.6. The Hall–Kier alpha value is -3.17. The molecule has 1 atom stereocenters. The summed E-state index contributed by atoms with van der Waals surface area (Å²) in [7, 11) is 0. The van der Waals surface area contributed by atoms with Gasteiger partial charge in [0.2, 0.25) is 11.6 Å². The Kier molecular flexibility index (Phi) is 6.39. The van der Waals surface area contributed by atoms with Crippen LogP contribution in [0.15, 0.2) is 34.8 Å². The number of azo groups is 1. The number of nitrogen functional groups attached to an aromatic ring is 1. The Morgan fingerprint density at radius 2 is 1.67 bits per heavy atom. The van der Waals surface area contributed by atoms with E-state index in [9.17, 15) is 9.59 Å². The van der Waals surface area contributed by atoms with Gasteiger partial charge in [0.25, 0.3) is 0 Å². The maximum absolute atomic E-state index is 13.0. The lowest BCUT2D eigenvalue weighted by atomic mass is 10.2. The SMILES string of the molecule is CCC1(Oc2ncc(N)cc2N(C(=O)OC(C)(C)C)C(=O)OC(C)(C)C)C=CN=N1. The molecule has 2 heterocycles. The average Bonchev–Trinajstić information content (AvgIpc) is 3.03. The van der Waals surface area contributed by atoms with Crippen LogP contribution < -0.4 is 15.4 Å². The van der Waals surface area contributed by atoms with E-state index in [1.54, 1.807) is 47.6 Å². The normalized spacial score (nSPS) is 18.2. The van der Waals surface area contributed by atoms with Crippen LogP contribution in [0.3, 0.4) is 0 Å². The lowest BCUT2D eigenvalue weighted by molar-refractivity contribution is 0.0424. The maximum Gasteiger partial charge on any atom is 0.424 e. The van der Waals surface area contributed by atoms with E-state index >= 15 is 0 Å². The molecule has 10 heteroatoms. The molecule has 1 aromatic heterocycles. The topological polar surface area (TPSA) is 129 Å². The van der Waals surface area contributed by atoms with Crippen molar-refractivity contribution in [1.29, 1.82) is 0 Å². The number of carbonyl (C=O) groups excluding carboxylic acids is 2. The molecule has 10 nitrogen and oxygen atoms in total. The Morgan fingerprint density at radius 3 is 2.10 bits per heavy atom. The molecule has 0 radical (unpaired) electrons. The van der Waals surface area contributed by atoms with Crippen molar-refractivity contribution in [3.8, 4) is 5.88 Å². The first-order valence-corrected chi connectivity index (χ1v) is 9.55. The van der Waals surface area contributed by atoms with Crippen molar-refractivity contribution in [2.24, 2.45) is 10.2 Å². The number of hydrogen-bond donors (Lipinski definition) is 1. The largest absolute Gasteiger partial charge is 0.443 e. The van der Waals surface area contributed by atoms with E-state index in [4.69, 9.17) is 19.9 Å². The van der Waals surface area contributed by atoms with Crippen LogP contribution in [-0.2, 0) is 9.47 Å². The zero-order chi connectivity index (χ0) is 22.7. The zero-order valence-electron chi connectivity index (χ0n) is 18.4. The number of anilines is 2. The van der Waals surface area contributed by atoms with E-state index < -0.39 is 29.1 Å². The Morgan fingerprint density at radius 1 is 1.10 bits per heavy atom. The second-order valence-electron chi connectivity index (χ2n) is 8.72. The van der Waals surface area contributed by atoms with Gasteiger partial charge in [-0.05, 0) is 47.6 Å². The van der Waals surface area contributed by atoms with E-state index in [0.29, 0.717) is 11.3 Å². The van der Waals surface area contributed by atoms with Gasteiger partial charge in [0.1, 0.15) is 16.9 Å². The Labute approximate surface area is 176 Å². The third-order valence-corrected chi connectivity index (χ3v) is 3.66. The summed E-state index contributed by atoms with van der Waals surface area (Å²) >= 11 is 0. The van der Waals surface area contributed by atoms with Gasteiger partial charge < -0.3 is 19.9 Å². The minimum Gasteiger partial charge on any atom is -0.443 e. The molecule has 30 heavy (non-hydrogen) atoms. The number of aromatic nitrogens is 1. The van der Waals surface area contributed by atoms with Gasteiger partial charge in [0, 0.05) is 12.5 Å². The van der Waals surface area contributed by atoms with Crippen molar-refractivity contribution in [3.05, 3.63) is 24.5 Å². The van der Waals surface area contributed by atoms with Gasteiger partial charge >= 0.3 is 12.2 Å². The summed E-state index contributed by atoms with van der Waals surface area (Å²) in [5.41, 5.74) is 3.24. The minimum absolute atomic E-state index is 0.0261. The van der Waals surface area contributed by atoms with Crippen molar-refractivity contribution in [1.82, 2.24) is 4.98 Å². The third-order valence-electron chi connectivity index (χ3n) is 3.66.